The fraction of sp³-hybridized carbons (Fsp3) is 0.939. The third kappa shape index (κ3) is 57.9. The molecule has 6 heteroatoms. The topological polar surface area (TPSA) is 95.9 Å². The van der Waals surface area contributed by atoms with E-state index >= 15 is 0 Å². The maximum atomic E-state index is 12.5. The lowest BCUT2D eigenvalue weighted by molar-refractivity contribution is -0.143. The van der Waals surface area contributed by atoms with E-state index in [1.54, 1.807) is 0 Å². The second-order valence-electron chi connectivity index (χ2n) is 22.8. The number of esters is 1. The zero-order valence-electron chi connectivity index (χ0n) is 48.9. The number of ether oxygens (including phenoxy) is 1. The standard InChI is InChI=1S/C66H129NO5/c1-3-5-7-9-11-13-15-16-17-18-30-33-36-40-44-48-52-56-60-66(71)72-61-57-53-49-45-41-37-34-31-28-26-24-22-20-19-21-23-25-27-29-32-35-39-43-47-51-55-59-65(70)67-63(62-68)64(69)58-54-50-46-42-38-14-12-10-8-6-4-2/h17-18,63-64,68-69H,3-16,19-62H2,1-2H3,(H,67,70)/b18-17-. The van der Waals surface area contributed by atoms with Gasteiger partial charge in [-0.25, -0.2) is 0 Å². The fourth-order valence-corrected chi connectivity index (χ4v) is 10.5. The monoisotopic (exact) mass is 1020 g/mol. The molecule has 72 heavy (non-hydrogen) atoms. The number of amides is 1. The Bertz CT molecular complexity index is 1080. The summed E-state index contributed by atoms with van der Waals surface area (Å²) in [4.78, 5) is 24.5. The first-order valence-electron chi connectivity index (χ1n) is 32.9. The number of rotatable bonds is 62. The first-order valence-corrected chi connectivity index (χ1v) is 32.9. The lowest BCUT2D eigenvalue weighted by Gasteiger charge is -2.22. The molecule has 2 atom stereocenters. The normalized spacial score (nSPS) is 12.6. The molecule has 2 unspecified atom stereocenters. The molecule has 0 rings (SSSR count). The van der Waals surface area contributed by atoms with E-state index in [1.807, 2.05) is 0 Å². The molecule has 0 aliphatic heterocycles. The first-order chi connectivity index (χ1) is 35.5. The van der Waals surface area contributed by atoms with Crippen LogP contribution in [0.4, 0.5) is 0 Å². The Morgan fingerprint density at radius 2 is 0.653 bits per heavy atom. The lowest BCUT2D eigenvalue weighted by Crippen LogP contribution is -2.45. The molecule has 0 aliphatic carbocycles. The molecular weight excluding hydrogens is 887 g/mol. The third-order valence-electron chi connectivity index (χ3n) is 15.6. The van der Waals surface area contributed by atoms with Gasteiger partial charge in [0.05, 0.1) is 25.4 Å². The van der Waals surface area contributed by atoms with Crippen molar-refractivity contribution in [1.82, 2.24) is 5.32 Å². The van der Waals surface area contributed by atoms with Crippen molar-refractivity contribution in [2.45, 2.75) is 386 Å². The highest BCUT2D eigenvalue weighted by Crippen LogP contribution is 2.19. The third-order valence-corrected chi connectivity index (χ3v) is 15.6. The summed E-state index contributed by atoms with van der Waals surface area (Å²) in [6.07, 6.45) is 75.3. The van der Waals surface area contributed by atoms with Crippen LogP contribution in [0.5, 0.6) is 0 Å². The zero-order chi connectivity index (χ0) is 52.2. The van der Waals surface area contributed by atoms with E-state index < -0.39 is 12.1 Å². The van der Waals surface area contributed by atoms with Gasteiger partial charge in [0.25, 0.3) is 0 Å². The van der Waals surface area contributed by atoms with E-state index in [9.17, 15) is 19.8 Å². The Kier molecular flexibility index (Phi) is 60.9. The van der Waals surface area contributed by atoms with E-state index in [4.69, 9.17) is 4.74 Å². The van der Waals surface area contributed by atoms with Crippen LogP contribution in [-0.2, 0) is 14.3 Å². The predicted octanol–water partition coefficient (Wildman–Crippen LogP) is 20.8. The number of aliphatic hydroxyl groups excluding tert-OH is 2. The molecule has 428 valence electrons. The van der Waals surface area contributed by atoms with Crippen LogP contribution in [0.2, 0.25) is 0 Å². The van der Waals surface area contributed by atoms with Crippen LogP contribution < -0.4 is 5.32 Å². The summed E-state index contributed by atoms with van der Waals surface area (Å²) in [6, 6.07) is -0.537. The van der Waals surface area contributed by atoms with Crippen LogP contribution in [0.3, 0.4) is 0 Å². The SMILES string of the molecule is CCCCCCCCC/C=C\CCCCCCCCCC(=O)OCCCCCCCCCCCCCCCCCCCCCCCCCCCCC(=O)NC(CO)C(O)CCCCCCCCCCCCC. The minimum absolute atomic E-state index is 0.0151. The van der Waals surface area contributed by atoms with Gasteiger partial charge < -0.3 is 20.3 Å². The highest BCUT2D eigenvalue weighted by Gasteiger charge is 2.20. The summed E-state index contributed by atoms with van der Waals surface area (Å²) in [6.45, 7) is 4.97. The van der Waals surface area contributed by atoms with E-state index in [0.29, 0.717) is 25.9 Å². The van der Waals surface area contributed by atoms with E-state index in [2.05, 4.69) is 31.3 Å². The Hall–Kier alpha value is -1.40. The predicted molar refractivity (Wildman–Crippen MR) is 315 cm³/mol. The summed E-state index contributed by atoms with van der Waals surface area (Å²) in [5.41, 5.74) is 0. The molecule has 0 heterocycles. The minimum Gasteiger partial charge on any atom is -0.466 e. The van der Waals surface area contributed by atoms with Crippen molar-refractivity contribution in [3.63, 3.8) is 0 Å². The summed E-state index contributed by atoms with van der Waals surface area (Å²) in [7, 11) is 0. The molecule has 0 saturated carbocycles. The van der Waals surface area contributed by atoms with Gasteiger partial charge in [0.2, 0.25) is 5.91 Å². The summed E-state index contributed by atoms with van der Waals surface area (Å²) >= 11 is 0. The Morgan fingerprint density at radius 1 is 0.375 bits per heavy atom. The van der Waals surface area contributed by atoms with Crippen molar-refractivity contribution in [2.24, 2.45) is 0 Å². The van der Waals surface area contributed by atoms with Crippen LogP contribution in [-0.4, -0.2) is 47.4 Å². The van der Waals surface area contributed by atoms with Gasteiger partial charge in [0, 0.05) is 12.8 Å². The van der Waals surface area contributed by atoms with Gasteiger partial charge in [-0.15, -0.1) is 0 Å². The van der Waals surface area contributed by atoms with Crippen LogP contribution in [0.25, 0.3) is 0 Å². The summed E-state index contributed by atoms with van der Waals surface area (Å²) in [5, 5.41) is 23.2. The van der Waals surface area contributed by atoms with Gasteiger partial charge in [-0.05, 0) is 51.4 Å². The minimum atomic E-state index is -0.660. The molecule has 6 nitrogen and oxygen atoms in total. The molecule has 0 radical (unpaired) electrons. The lowest BCUT2D eigenvalue weighted by atomic mass is 10.0. The van der Waals surface area contributed by atoms with Crippen molar-refractivity contribution in [2.75, 3.05) is 13.2 Å². The quantitative estimate of drug-likeness (QED) is 0.0320. The van der Waals surface area contributed by atoms with E-state index in [1.165, 1.54) is 295 Å². The molecule has 0 fully saturated rings. The smallest absolute Gasteiger partial charge is 0.305 e. The van der Waals surface area contributed by atoms with E-state index in [-0.39, 0.29) is 18.5 Å². The summed E-state index contributed by atoms with van der Waals surface area (Å²) < 4.78 is 5.50. The Morgan fingerprint density at radius 3 is 0.986 bits per heavy atom. The van der Waals surface area contributed by atoms with Crippen molar-refractivity contribution < 1.29 is 24.5 Å². The molecule has 0 aliphatic rings. The number of hydrogen-bond acceptors (Lipinski definition) is 5. The van der Waals surface area contributed by atoms with Gasteiger partial charge in [0.15, 0.2) is 0 Å². The van der Waals surface area contributed by atoms with E-state index in [0.717, 1.165) is 44.9 Å². The van der Waals surface area contributed by atoms with Gasteiger partial charge >= 0.3 is 5.97 Å². The average Bonchev–Trinajstić information content (AvgIpc) is 3.38. The zero-order valence-corrected chi connectivity index (χ0v) is 48.9. The van der Waals surface area contributed by atoms with Crippen LogP contribution in [0, 0.1) is 0 Å². The molecule has 0 aromatic carbocycles. The molecule has 0 saturated heterocycles. The largest absolute Gasteiger partial charge is 0.466 e. The highest BCUT2D eigenvalue weighted by atomic mass is 16.5. The maximum absolute atomic E-state index is 12.5. The molecule has 0 aromatic heterocycles. The average molecular weight is 1020 g/mol. The van der Waals surface area contributed by atoms with Crippen molar-refractivity contribution in [3.8, 4) is 0 Å². The second-order valence-corrected chi connectivity index (χ2v) is 22.8. The van der Waals surface area contributed by atoms with Gasteiger partial charge in [0.1, 0.15) is 0 Å². The van der Waals surface area contributed by atoms with Crippen LogP contribution >= 0.6 is 0 Å². The number of allylic oxidation sites excluding steroid dienone is 2. The summed E-state index contributed by atoms with van der Waals surface area (Å²) in [5.74, 6) is -0.0168. The van der Waals surface area contributed by atoms with Gasteiger partial charge in [-0.3, -0.25) is 9.59 Å². The fourth-order valence-electron chi connectivity index (χ4n) is 10.5. The second kappa shape index (κ2) is 62.1. The van der Waals surface area contributed by atoms with Gasteiger partial charge in [-0.2, -0.15) is 0 Å². The number of carbonyl (C=O) groups excluding carboxylic acids is 2. The van der Waals surface area contributed by atoms with Crippen molar-refractivity contribution in [3.05, 3.63) is 12.2 Å². The van der Waals surface area contributed by atoms with Gasteiger partial charge in [-0.1, -0.05) is 321 Å². The number of hydrogen-bond donors (Lipinski definition) is 3. The number of carbonyl (C=O) groups is 2. The van der Waals surface area contributed by atoms with Crippen molar-refractivity contribution in [1.29, 1.82) is 0 Å². The molecule has 0 aromatic rings. The molecular formula is C66H129NO5. The first kappa shape index (κ1) is 70.6. The molecule has 0 spiro atoms. The van der Waals surface area contributed by atoms with Crippen LogP contribution in [0.15, 0.2) is 12.2 Å². The maximum Gasteiger partial charge on any atom is 0.305 e. The Balaban J connectivity index is 3.31. The highest BCUT2D eigenvalue weighted by molar-refractivity contribution is 5.76. The molecule has 0 bridgehead atoms. The van der Waals surface area contributed by atoms with Crippen LogP contribution in [0.1, 0.15) is 373 Å². The Labute approximate surface area is 450 Å². The number of nitrogens with one attached hydrogen (secondary N) is 1. The van der Waals surface area contributed by atoms with Crippen molar-refractivity contribution >= 4 is 11.9 Å². The number of unbranched alkanes of at least 4 members (excludes halogenated alkanes) is 49. The molecule has 1 amide bonds. The molecule has 3 N–H and O–H groups in total. The number of aliphatic hydroxyl groups is 2.